The molecule has 0 bridgehead atoms. The molecule has 4 N–H and O–H groups in total. The third-order valence-electron chi connectivity index (χ3n) is 1.11. The maximum Gasteiger partial charge on any atom is 0.314 e. The largest absolute Gasteiger partial charge is 0.385 e. The zero-order chi connectivity index (χ0) is 11.0. The average molecular weight is 227 g/mol. The van der Waals surface area contributed by atoms with Crippen LogP contribution in [-0.4, -0.2) is 36.7 Å². The van der Waals surface area contributed by atoms with Crippen LogP contribution in [0.1, 0.15) is 18.3 Å². The molecule has 0 saturated carbocycles. The van der Waals surface area contributed by atoms with E-state index in [1.807, 2.05) is 0 Å². The highest BCUT2D eigenvalue weighted by Gasteiger charge is 2.09. The number of aromatic nitrogens is 3. The van der Waals surface area contributed by atoms with Crippen molar-refractivity contribution in [1.82, 2.24) is 15.2 Å². The van der Waals surface area contributed by atoms with Gasteiger partial charge in [0, 0.05) is 6.42 Å². The Labute approximate surface area is 79.6 Å². The van der Waals surface area contributed by atoms with Gasteiger partial charge in [0.05, 0.1) is 6.67 Å². The molecule has 0 aliphatic rings. The van der Waals surface area contributed by atoms with Crippen molar-refractivity contribution in [2.75, 3.05) is 6.67 Å². The Hall–Kier alpha value is -0.820. The minimum Gasteiger partial charge on any atom is -0.385 e. The number of H-pyrrole nitrogens is 1. The minimum atomic E-state index is -3.13. The predicted octanol–water partition coefficient (Wildman–Crippen LogP) is -0.442. The van der Waals surface area contributed by atoms with E-state index in [0.29, 0.717) is 0 Å². The lowest BCUT2D eigenvalue weighted by Crippen LogP contribution is -2.00. The van der Waals surface area contributed by atoms with Crippen molar-refractivity contribution in [1.29, 1.82) is 0 Å². The summed E-state index contributed by atoms with van der Waals surface area (Å²) in [6.45, 7) is -0.560. The fourth-order valence-electron chi connectivity index (χ4n) is 0.612. The lowest BCUT2D eigenvalue weighted by atomic mass is 10.3. The summed E-state index contributed by atoms with van der Waals surface area (Å²) in [5.74, 6) is 0.248. The first-order valence-corrected chi connectivity index (χ1v) is 4.89. The lowest BCUT2D eigenvalue weighted by Gasteiger charge is -2.00. The second-order valence-electron chi connectivity index (χ2n) is 2.13. The summed E-state index contributed by atoms with van der Waals surface area (Å²) in [6, 6.07) is 0. The predicted molar refractivity (Wildman–Crippen MR) is 45.4 cm³/mol. The van der Waals surface area contributed by atoms with Crippen molar-refractivity contribution in [2.45, 2.75) is 12.5 Å². The zero-order valence-corrected chi connectivity index (χ0v) is 8.09. The summed E-state index contributed by atoms with van der Waals surface area (Å²) in [5.41, 5.74) is 0. The van der Waals surface area contributed by atoms with Gasteiger partial charge in [0.2, 0.25) is 0 Å². The molecule has 0 spiro atoms. The maximum absolute atomic E-state index is 11.6. The van der Waals surface area contributed by atoms with Gasteiger partial charge in [-0.2, -0.15) is 5.10 Å². The molecule has 1 aromatic rings. The fraction of sp³-hybridized carbons (Fsp3) is 0.600. The molecule has 1 heterocycles. The summed E-state index contributed by atoms with van der Waals surface area (Å²) >= 11 is 0. The number of nitrogens with zero attached hydrogens (tertiary/aromatic N) is 2. The Morgan fingerprint density at radius 3 is 2.57 bits per heavy atom. The highest BCUT2D eigenvalue weighted by Crippen LogP contribution is 2.09. The van der Waals surface area contributed by atoms with Crippen LogP contribution in [0.4, 0.5) is 4.39 Å². The number of aliphatic hydroxyl groups excluding tert-OH is 1. The van der Waals surface area contributed by atoms with Crippen LogP contribution in [0.15, 0.2) is 6.33 Å². The number of hydrogen-bond donors (Lipinski definition) is 4. The molecule has 0 amide bonds. The van der Waals surface area contributed by atoms with E-state index in [2.05, 4.69) is 15.2 Å². The van der Waals surface area contributed by atoms with E-state index < -0.39 is 21.0 Å². The maximum atomic E-state index is 11.6. The van der Waals surface area contributed by atoms with Crippen molar-refractivity contribution in [3.63, 3.8) is 0 Å². The lowest BCUT2D eigenvalue weighted by molar-refractivity contribution is 0.147. The molecule has 0 radical (unpaired) electrons. The summed E-state index contributed by atoms with van der Waals surface area (Å²) in [6.07, 6.45) is 0.519. The van der Waals surface area contributed by atoms with Crippen molar-refractivity contribution in [2.24, 2.45) is 0 Å². The number of aliphatic hydroxyl groups is 1. The highest BCUT2D eigenvalue weighted by molar-refractivity contribution is 7.30. The van der Waals surface area contributed by atoms with E-state index in [9.17, 15) is 4.39 Å². The van der Waals surface area contributed by atoms with Crippen molar-refractivity contribution in [3.05, 3.63) is 12.2 Å². The van der Waals surface area contributed by atoms with Gasteiger partial charge in [0.15, 0.2) is 5.82 Å². The van der Waals surface area contributed by atoms with E-state index in [1.165, 1.54) is 6.33 Å². The monoisotopic (exact) mass is 227 g/mol. The average Bonchev–Trinajstić information content (AvgIpc) is 2.55. The topological polar surface area (TPSA) is 119 Å². The molecule has 0 aromatic carbocycles. The number of alkyl halides is 1. The van der Waals surface area contributed by atoms with Crippen LogP contribution in [0, 0.1) is 0 Å². The van der Waals surface area contributed by atoms with Gasteiger partial charge >= 0.3 is 8.25 Å². The third kappa shape index (κ3) is 6.67. The van der Waals surface area contributed by atoms with Gasteiger partial charge in [0.25, 0.3) is 0 Å². The minimum absolute atomic E-state index is 0.0534. The Kier molecular flexibility index (Phi) is 7.13. The van der Waals surface area contributed by atoms with Crippen LogP contribution in [0.5, 0.6) is 0 Å². The highest BCUT2D eigenvalue weighted by atomic mass is 31.1. The molecule has 0 aliphatic heterocycles. The van der Waals surface area contributed by atoms with Crippen molar-refractivity contribution < 1.29 is 23.8 Å². The number of rotatable bonds is 3. The van der Waals surface area contributed by atoms with Crippen molar-refractivity contribution in [3.8, 4) is 0 Å². The van der Waals surface area contributed by atoms with Gasteiger partial charge in [-0.05, 0) is 0 Å². The fourth-order valence-corrected chi connectivity index (χ4v) is 0.612. The molecule has 1 atom stereocenters. The molecular formula is C5H11FN3O4P. The third-order valence-corrected chi connectivity index (χ3v) is 1.11. The Morgan fingerprint density at radius 2 is 2.21 bits per heavy atom. The summed E-state index contributed by atoms with van der Waals surface area (Å²) in [4.78, 5) is 18.0. The molecular weight excluding hydrogens is 216 g/mol. The molecule has 0 saturated heterocycles. The molecule has 0 fully saturated rings. The molecule has 9 heteroatoms. The van der Waals surface area contributed by atoms with Crippen LogP contribution in [0.25, 0.3) is 0 Å². The van der Waals surface area contributed by atoms with E-state index in [0.717, 1.165) is 0 Å². The van der Waals surface area contributed by atoms with Crippen LogP contribution >= 0.6 is 8.25 Å². The van der Waals surface area contributed by atoms with Crippen LogP contribution < -0.4 is 0 Å². The summed E-state index contributed by atoms with van der Waals surface area (Å²) < 4.78 is 20.4. The van der Waals surface area contributed by atoms with Crippen molar-refractivity contribution >= 4 is 8.25 Å². The van der Waals surface area contributed by atoms with Crippen LogP contribution in [-0.2, 0) is 4.57 Å². The second-order valence-corrected chi connectivity index (χ2v) is 2.70. The molecule has 14 heavy (non-hydrogen) atoms. The smallest absolute Gasteiger partial charge is 0.314 e. The van der Waals surface area contributed by atoms with E-state index >= 15 is 0 Å². The molecule has 1 aromatic heterocycles. The molecule has 1 unspecified atom stereocenters. The first-order chi connectivity index (χ1) is 6.57. The van der Waals surface area contributed by atoms with Crippen LogP contribution in [0.2, 0.25) is 0 Å². The number of aromatic amines is 1. The normalized spacial score (nSPS) is 12.1. The molecule has 0 aliphatic carbocycles. The summed E-state index contributed by atoms with van der Waals surface area (Å²) in [5, 5.41) is 15.0. The summed E-state index contributed by atoms with van der Waals surface area (Å²) in [7, 11) is -3.13. The van der Waals surface area contributed by atoms with Gasteiger partial charge in [-0.15, -0.1) is 0 Å². The standard InChI is InChI=1S/C5H8FN3O.H3O3P/c6-2-1-4(10)5-7-3-8-9-5;1-4(2)3/h3-4,10H,1-2H2,(H,7,8,9);4H,(H2,1,2,3). The molecule has 1 rings (SSSR count). The van der Waals surface area contributed by atoms with Gasteiger partial charge in [-0.3, -0.25) is 14.1 Å². The van der Waals surface area contributed by atoms with Gasteiger partial charge in [-0.25, -0.2) is 4.98 Å². The zero-order valence-electron chi connectivity index (χ0n) is 7.09. The quantitative estimate of drug-likeness (QED) is 0.519. The number of hydrogen-bond acceptors (Lipinski definition) is 4. The Bertz CT molecular complexity index is 253. The number of halogens is 1. The second kappa shape index (κ2) is 7.57. The SMILES string of the molecule is O=[PH](O)O.OC(CCF)c1nc[nH]n1. The van der Waals surface area contributed by atoms with E-state index in [-0.39, 0.29) is 12.2 Å². The van der Waals surface area contributed by atoms with Gasteiger partial charge in [-0.1, -0.05) is 0 Å². The van der Waals surface area contributed by atoms with E-state index in [1.54, 1.807) is 0 Å². The molecule has 7 nitrogen and oxygen atoms in total. The Morgan fingerprint density at radius 1 is 1.64 bits per heavy atom. The first-order valence-electron chi connectivity index (χ1n) is 3.59. The van der Waals surface area contributed by atoms with Gasteiger partial charge in [0.1, 0.15) is 12.4 Å². The first kappa shape index (κ1) is 13.2. The van der Waals surface area contributed by atoms with Gasteiger partial charge < -0.3 is 14.9 Å². The molecule has 82 valence electrons. The van der Waals surface area contributed by atoms with E-state index in [4.69, 9.17) is 19.5 Å². The van der Waals surface area contributed by atoms with Crippen LogP contribution in [0.3, 0.4) is 0 Å². The Balaban J connectivity index is 0.000000364. The number of nitrogens with one attached hydrogen (secondary N) is 1.